The molecule has 1 unspecified atom stereocenters. The van der Waals surface area contributed by atoms with Crippen molar-refractivity contribution in [3.63, 3.8) is 0 Å². The first-order valence-corrected chi connectivity index (χ1v) is 7.54. The zero-order chi connectivity index (χ0) is 12.1. The Balaban J connectivity index is 2.17. The number of hydrogen-bond acceptors (Lipinski definition) is 0. The normalized spacial score (nSPS) is 19.9. The van der Waals surface area contributed by atoms with Gasteiger partial charge in [0.2, 0.25) is 0 Å². The molecule has 1 aliphatic rings. The van der Waals surface area contributed by atoms with Crippen LogP contribution < -0.4 is 0 Å². The van der Waals surface area contributed by atoms with E-state index in [1.807, 2.05) is 12.1 Å². The molecule has 0 aliphatic heterocycles. The summed E-state index contributed by atoms with van der Waals surface area (Å²) >= 11 is 12.5. The average Bonchev–Trinajstić information content (AvgIpc) is 2.62. The van der Waals surface area contributed by atoms with E-state index in [1.54, 1.807) is 0 Å². The minimum Gasteiger partial charge on any atom is -0.126 e. The molecule has 0 saturated heterocycles. The summed E-state index contributed by atoms with van der Waals surface area (Å²) in [4.78, 5) is 0. The van der Waals surface area contributed by atoms with Gasteiger partial charge in [0, 0.05) is 16.8 Å². The monoisotopic (exact) mass is 270 g/mol. The molecule has 0 nitrogen and oxygen atoms in total. The first-order chi connectivity index (χ1) is 8.33. The maximum atomic E-state index is 6.30. The molecule has 0 amide bonds. The van der Waals surface area contributed by atoms with Crippen molar-refractivity contribution in [2.75, 3.05) is 5.88 Å². The van der Waals surface area contributed by atoms with Crippen LogP contribution in [-0.2, 0) is 0 Å². The molecule has 0 aromatic heterocycles. The number of alkyl halides is 1. The Bertz CT molecular complexity index is 341. The summed E-state index contributed by atoms with van der Waals surface area (Å²) in [7, 11) is 0. The van der Waals surface area contributed by atoms with Crippen LogP contribution in [0.2, 0.25) is 5.02 Å². The van der Waals surface area contributed by atoms with Crippen LogP contribution in [0.3, 0.4) is 0 Å². The molecule has 1 aromatic rings. The van der Waals surface area contributed by atoms with Gasteiger partial charge in [0.15, 0.2) is 0 Å². The van der Waals surface area contributed by atoms with Crippen molar-refractivity contribution < 1.29 is 0 Å². The minimum absolute atomic E-state index is 0.434. The molecule has 94 valence electrons. The van der Waals surface area contributed by atoms with Crippen LogP contribution in [0.4, 0.5) is 0 Å². The molecule has 0 radical (unpaired) electrons. The van der Waals surface area contributed by atoms with Crippen LogP contribution in [0.15, 0.2) is 24.3 Å². The number of halogens is 2. The fraction of sp³-hybridized carbons (Fsp3) is 0.600. The van der Waals surface area contributed by atoms with Crippen LogP contribution in [0.1, 0.15) is 50.0 Å². The van der Waals surface area contributed by atoms with Crippen molar-refractivity contribution in [3.05, 3.63) is 34.9 Å². The molecule has 2 heteroatoms. The zero-order valence-electron chi connectivity index (χ0n) is 10.2. The predicted octanol–water partition coefficient (Wildman–Crippen LogP) is 5.63. The highest BCUT2D eigenvalue weighted by molar-refractivity contribution is 6.31. The number of hydrogen-bond donors (Lipinski definition) is 0. The highest BCUT2D eigenvalue weighted by Crippen LogP contribution is 2.38. The van der Waals surface area contributed by atoms with Gasteiger partial charge in [0.05, 0.1) is 0 Å². The summed E-state index contributed by atoms with van der Waals surface area (Å²) in [5.74, 6) is 1.84. The summed E-state index contributed by atoms with van der Waals surface area (Å²) in [6.07, 6.45) is 8.08. The van der Waals surface area contributed by atoms with Crippen LogP contribution in [0, 0.1) is 5.92 Å². The zero-order valence-corrected chi connectivity index (χ0v) is 11.7. The molecule has 0 spiro atoms. The van der Waals surface area contributed by atoms with Gasteiger partial charge in [0.1, 0.15) is 0 Å². The Labute approximate surface area is 114 Å². The van der Waals surface area contributed by atoms with Gasteiger partial charge in [0.25, 0.3) is 0 Å². The molecule has 0 heterocycles. The van der Waals surface area contributed by atoms with Crippen molar-refractivity contribution in [1.29, 1.82) is 0 Å². The molecule has 2 rings (SSSR count). The third kappa shape index (κ3) is 3.39. The van der Waals surface area contributed by atoms with E-state index in [4.69, 9.17) is 23.2 Å². The Morgan fingerprint density at radius 1 is 1.06 bits per heavy atom. The Hall–Kier alpha value is -0.200. The lowest BCUT2D eigenvalue weighted by Gasteiger charge is -2.25. The Kier molecular flexibility index (Phi) is 5.18. The molecule has 0 N–H and O–H groups in total. The molecule has 1 fully saturated rings. The Morgan fingerprint density at radius 3 is 2.29 bits per heavy atom. The number of rotatable bonds is 3. The summed E-state index contributed by atoms with van der Waals surface area (Å²) < 4.78 is 0. The average molecular weight is 271 g/mol. The molecule has 0 bridgehead atoms. The largest absolute Gasteiger partial charge is 0.126 e. The van der Waals surface area contributed by atoms with Crippen molar-refractivity contribution in [3.8, 4) is 0 Å². The van der Waals surface area contributed by atoms with Crippen molar-refractivity contribution in [1.82, 2.24) is 0 Å². The maximum Gasteiger partial charge on any atom is 0.0441 e. The van der Waals surface area contributed by atoms with Crippen LogP contribution >= 0.6 is 23.2 Å². The SMILES string of the molecule is ClCC(c1ccccc1Cl)C1CCCCCC1. The van der Waals surface area contributed by atoms with Gasteiger partial charge in [-0.1, -0.05) is 55.5 Å². The first-order valence-electron chi connectivity index (χ1n) is 6.63. The fourth-order valence-corrected chi connectivity index (χ4v) is 3.65. The van der Waals surface area contributed by atoms with Gasteiger partial charge in [-0.2, -0.15) is 0 Å². The smallest absolute Gasteiger partial charge is 0.0441 e. The molecule has 1 atom stereocenters. The summed E-state index contributed by atoms with van der Waals surface area (Å²) in [6, 6.07) is 8.18. The Morgan fingerprint density at radius 2 is 1.71 bits per heavy atom. The van der Waals surface area contributed by atoms with E-state index in [9.17, 15) is 0 Å². The van der Waals surface area contributed by atoms with Crippen molar-refractivity contribution >= 4 is 23.2 Å². The second kappa shape index (κ2) is 6.66. The van der Waals surface area contributed by atoms with E-state index < -0.39 is 0 Å². The third-order valence-corrected chi connectivity index (χ3v) is 4.62. The highest BCUT2D eigenvalue weighted by atomic mass is 35.5. The van der Waals surface area contributed by atoms with E-state index in [-0.39, 0.29) is 0 Å². The second-order valence-electron chi connectivity index (χ2n) is 5.03. The molecule has 17 heavy (non-hydrogen) atoms. The summed E-state index contributed by atoms with van der Waals surface area (Å²) in [5.41, 5.74) is 1.25. The molecule has 1 aliphatic carbocycles. The van der Waals surface area contributed by atoms with Gasteiger partial charge in [-0.25, -0.2) is 0 Å². The quantitative estimate of drug-likeness (QED) is 0.493. The maximum absolute atomic E-state index is 6.30. The lowest BCUT2D eigenvalue weighted by molar-refractivity contribution is 0.397. The molecular formula is C15H20Cl2. The third-order valence-electron chi connectivity index (χ3n) is 3.94. The van der Waals surface area contributed by atoms with Crippen LogP contribution in [0.5, 0.6) is 0 Å². The predicted molar refractivity (Wildman–Crippen MR) is 76.1 cm³/mol. The summed E-state index contributed by atoms with van der Waals surface area (Å²) in [6.45, 7) is 0. The highest BCUT2D eigenvalue weighted by Gasteiger charge is 2.24. The van der Waals surface area contributed by atoms with Crippen LogP contribution in [0.25, 0.3) is 0 Å². The first kappa shape index (κ1) is 13.2. The summed E-state index contributed by atoms with van der Waals surface area (Å²) in [5, 5.41) is 0.877. The fourth-order valence-electron chi connectivity index (χ4n) is 2.95. The second-order valence-corrected chi connectivity index (χ2v) is 5.75. The molecular weight excluding hydrogens is 251 g/mol. The van der Waals surface area contributed by atoms with Gasteiger partial charge < -0.3 is 0 Å². The van der Waals surface area contributed by atoms with Gasteiger partial charge in [-0.15, -0.1) is 11.6 Å². The minimum atomic E-state index is 0.434. The van der Waals surface area contributed by atoms with E-state index in [0.717, 1.165) is 10.9 Å². The van der Waals surface area contributed by atoms with Crippen LogP contribution in [-0.4, -0.2) is 5.88 Å². The molecule has 1 aromatic carbocycles. The van der Waals surface area contributed by atoms with Gasteiger partial charge in [-0.05, 0) is 30.4 Å². The van der Waals surface area contributed by atoms with E-state index in [2.05, 4.69) is 12.1 Å². The van der Waals surface area contributed by atoms with E-state index in [0.29, 0.717) is 11.8 Å². The standard InChI is InChI=1S/C15H20Cl2/c16-11-14(12-7-3-1-2-4-8-12)13-9-5-6-10-15(13)17/h5-6,9-10,12,14H,1-4,7-8,11H2. The van der Waals surface area contributed by atoms with Crippen molar-refractivity contribution in [2.45, 2.75) is 44.4 Å². The molecule has 1 saturated carbocycles. The van der Waals surface area contributed by atoms with Gasteiger partial charge in [-0.3, -0.25) is 0 Å². The topological polar surface area (TPSA) is 0 Å². The van der Waals surface area contributed by atoms with E-state index in [1.165, 1.54) is 44.1 Å². The van der Waals surface area contributed by atoms with Gasteiger partial charge >= 0.3 is 0 Å². The lowest BCUT2D eigenvalue weighted by Crippen LogP contribution is -2.14. The number of benzene rings is 1. The lowest BCUT2D eigenvalue weighted by atomic mass is 9.82. The van der Waals surface area contributed by atoms with Crippen molar-refractivity contribution in [2.24, 2.45) is 5.92 Å². The van der Waals surface area contributed by atoms with E-state index >= 15 is 0 Å².